The molecule has 0 aliphatic heterocycles. The van der Waals surface area contributed by atoms with Crippen molar-refractivity contribution in [2.75, 3.05) is 31.6 Å². The van der Waals surface area contributed by atoms with Crippen molar-refractivity contribution in [3.05, 3.63) is 96.6 Å². The summed E-state index contributed by atoms with van der Waals surface area (Å²) in [5, 5.41) is 19.4. The van der Waals surface area contributed by atoms with Gasteiger partial charge in [0.25, 0.3) is 0 Å². The van der Waals surface area contributed by atoms with E-state index >= 15 is 0 Å². The Bertz CT molecular complexity index is 1410. The molecule has 0 fully saturated rings. The second-order valence-electron chi connectivity index (χ2n) is 8.84. The van der Waals surface area contributed by atoms with Crippen molar-refractivity contribution in [1.29, 1.82) is 0 Å². The van der Waals surface area contributed by atoms with Gasteiger partial charge in [-0.05, 0) is 53.9 Å². The molecule has 0 spiro atoms. The van der Waals surface area contributed by atoms with Crippen LogP contribution < -0.4 is 15.4 Å². The number of hydrogen-bond acceptors (Lipinski definition) is 4. The SMILES string of the molecule is Cc1cc(NCCNCC(O)COc2cccc3[nH]c4ccccc4c23)ccc1-c1ccccc1. The largest absolute Gasteiger partial charge is 0.490 e. The van der Waals surface area contributed by atoms with Crippen LogP contribution in [0.3, 0.4) is 0 Å². The maximum atomic E-state index is 10.4. The second kappa shape index (κ2) is 10.6. The molecule has 1 atom stereocenters. The highest BCUT2D eigenvalue weighted by Crippen LogP contribution is 2.33. The average molecular weight is 466 g/mol. The molecule has 1 heterocycles. The summed E-state index contributed by atoms with van der Waals surface area (Å²) in [5.74, 6) is 0.787. The minimum absolute atomic E-state index is 0.235. The first-order valence-electron chi connectivity index (χ1n) is 12.1. The highest BCUT2D eigenvalue weighted by Gasteiger charge is 2.11. The molecule has 35 heavy (non-hydrogen) atoms. The zero-order valence-electron chi connectivity index (χ0n) is 19.9. The van der Waals surface area contributed by atoms with Crippen LogP contribution in [0.2, 0.25) is 0 Å². The molecule has 5 heteroatoms. The minimum Gasteiger partial charge on any atom is -0.490 e. The van der Waals surface area contributed by atoms with Crippen molar-refractivity contribution in [2.45, 2.75) is 13.0 Å². The fraction of sp³-hybridized carbons (Fsp3) is 0.200. The number of nitrogens with one attached hydrogen (secondary N) is 3. The second-order valence-corrected chi connectivity index (χ2v) is 8.84. The maximum Gasteiger partial charge on any atom is 0.129 e. The van der Waals surface area contributed by atoms with E-state index in [0.29, 0.717) is 6.54 Å². The maximum absolute atomic E-state index is 10.4. The number of H-pyrrole nitrogens is 1. The summed E-state index contributed by atoms with van der Waals surface area (Å²) in [6.45, 7) is 4.36. The Labute approximate surface area is 205 Å². The van der Waals surface area contributed by atoms with E-state index in [1.165, 1.54) is 16.7 Å². The van der Waals surface area contributed by atoms with Gasteiger partial charge < -0.3 is 25.5 Å². The van der Waals surface area contributed by atoms with Gasteiger partial charge in [-0.1, -0.05) is 60.7 Å². The van der Waals surface area contributed by atoms with E-state index in [9.17, 15) is 5.11 Å². The zero-order valence-corrected chi connectivity index (χ0v) is 19.9. The highest BCUT2D eigenvalue weighted by molar-refractivity contribution is 6.10. The van der Waals surface area contributed by atoms with Gasteiger partial charge in [0.2, 0.25) is 0 Å². The third kappa shape index (κ3) is 5.32. The number of ether oxygens (including phenoxy) is 1. The molecule has 0 aliphatic carbocycles. The van der Waals surface area contributed by atoms with Crippen LogP contribution in [0.15, 0.2) is 91.0 Å². The number of aryl methyl sites for hydroxylation is 1. The van der Waals surface area contributed by atoms with Crippen LogP contribution >= 0.6 is 0 Å². The highest BCUT2D eigenvalue weighted by atomic mass is 16.5. The van der Waals surface area contributed by atoms with Crippen LogP contribution in [-0.2, 0) is 0 Å². The number of benzene rings is 4. The molecule has 5 nitrogen and oxygen atoms in total. The first-order valence-corrected chi connectivity index (χ1v) is 12.1. The van der Waals surface area contributed by atoms with Gasteiger partial charge in [0.05, 0.1) is 5.52 Å². The van der Waals surface area contributed by atoms with E-state index in [-0.39, 0.29) is 6.61 Å². The molecular formula is C30H31N3O2. The Kier molecular flexibility index (Phi) is 6.98. The number of aromatic amines is 1. The number of fused-ring (bicyclic) bond motifs is 3. The summed E-state index contributed by atoms with van der Waals surface area (Å²) < 4.78 is 6.01. The Morgan fingerprint density at radius 3 is 2.51 bits per heavy atom. The average Bonchev–Trinajstić information content (AvgIpc) is 3.27. The Morgan fingerprint density at radius 2 is 1.66 bits per heavy atom. The van der Waals surface area contributed by atoms with Gasteiger partial charge in [-0.3, -0.25) is 0 Å². The summed E-state index contributed by atoms with van der Waals surface area (Å²) in [5.41, 5.74) is 6.94. The molecule has 178 valence electrons. The summed E-state index contributed by atoms with van der Waals surface area (Å²) in [7, 11) is 0. The standard InChI is InChI=1S/C30H31N3O2/c1-21-18-23(14-15-25(21)22-8-3-2-4-9-22)32-17-16-31-19-24(34)20-35-29-13-7-12-28-30(29)26-10-5-6-11-27(26)33-28/h2-15,18,24,31-34H,16-17,19-20H2,1H3. The molecule has 4 aromatic carbocycles. The van der Waals surface area contributed by atoms with Gasteiger partial charge in [-0.25, -0.2) is 0 Å². The van der Waals surface area contributed by atoms with Crippen LogP contribution in [0.1, 0.15) is 5.56 Å². The first-order chi connectivity index (χ1) is 17.2. The smallest absolute Gasteiger partial charge is 0.129 e. The van der Waals surface area contributed by atoms with Crippen molar-refractivity contribution < 1.29 is 9.84 Å². The van der Waals surface area contributed by atoms with E-state index in [1.807, 2.05) is 36.4 Å². The number of aliphatic hydroxyl groups is 1. The van der Waals surface area contributed by atoms with E-state index in [4.69, 9.17) is 4.74 Å². The number of anilines is 1. The lowest BCUT2D eigenvalue weighted by Gasteiger charge is -2.15. The minimum atomic E-state index is -0.595. The predicted octanol–water partition coefficient (Wildman–Crippen LogP) is 5.74. The molecule has 0 aliphatic rings. The molecule has 0 saturated carbocycles. The quantitative estimate of drug-likeness (QED) is 0.199. The van der Waals surface area contributed by atoms with Gasteiger partial charge in [0, 0.05) is 41.6 Å². The molecule has 0 radical (unpaired) electrons. The topological polar surface area (TPSA) is 69.3 Å². The number of hydrogen-bond donors (Lipinski definition) is 4. The molecule has 4 N–H and O–H groups in total. The number of rotatable bonds is 10. The predicted molar refractivity (Wildman–Crippen MR) is 145 cm³/mol. The van der Waals surface area contributed by atoms with Crippen molar-refractivity contribution in [2.24, 2.45) is 0 Å². The van der Waals surface area contributed by atoms with E-state index in [0.717, 1.165) is 46.3 Å². The lowest BCUT2D eigenvalue weighted by molar-refractivity contribution is 0.108. The summed E-state index contributed by atoms with van der Waals surface area (Å²) in [6, 6.07) is 31.0. The number of aliphatic hydroxyl groups excluding tert-OH is 1. The molecule has 0 bridgehead atoms. The van der Waals surface area contributed by atoms with Gasteiger partial charge in [-0.2, -0.15) is 0 Å². The monoisotopic (exact) mass is 465 g/mol. The third-order valence-corrected chi connectivity index (χ3v) is 6.25. The molecule has 1 aromatic heterocycles. The van der Waals surface area contributed by atoms with E-state index in [2.05, 4.69) is 77.1 Å². The van der Waals surface area contributed by atoms with Crippen LogP contribution in [0, 0.1) is 6.92 Å². The van der Waals surface area contributed by atoms with Crippen LogP contribution in [0.5, 0.6) is 5.75 Å². The Hall–Kier alpha value is -3.80. The van der Waals surface area contributed by atoms with Crippen molar-refractivity contribution in [3.63, 3.8) is 0 Å². The summed E-state index contributed by atoms with van der Waals surface area (Å²) in [4.78, 5) is 3.42. The van der Waals surface area contributed by atoms with Crippen LogP contribution in [-0.4, -0.2) is 42.4 Å². The van der Waals surface area contributed by atoms with Crippen molar-refractivity contribution in [1.82, 2.24) is 10.3 Å². The van der Waals surface area contributed by atoms with Gasteiger partial charge in [-0.15, -0.1) is 0 Å². The molecule has 1 unspecified atom stereocenters. The zero-order chi connectivity index (χ0) is 24.0. The number of para-hydroxylation sites is 1. The molecule has 0 saturated heterocycles. The summed E-state index contributed by atoms with van der Waals surface area (Å²) >= 11 is 0. The van der Waals surface area contributed by atoms with Gasteiger partial charge in [0.15, 0.2) is 0 Å². The van der Waals surface area contributed by atoms with Crippen molar-refractivity contribution in [3.8, 4) is 16.9 Å². The molecule has 5 rings (SSSR count). The third-order valence-electron chi connectivity index (χ3n) is 6.25. The van der Waals surface area contributed by atoms with Crippen molar-refractivity contribution >= 4 is 27.5 Å². The normalized spacial score (nSPS) is 12.2. The van der Waals surface area contributed by atoms with Crippen LogP contribution in [0.25, 0.3) is 32.9 Å². The molecular weight excluding hydrogens is 434 g/mol. The fourth-order valence-electron chi connectivity index (χ4n) is 4.51. The van der Waals surface area contributed by atoms with E-state index < -0.39 is 6.10 Å². The Morgan fingerprint density at radius 1 is 0.857 bits per heavy atom. The van der Waals surface area contributed by atoms with Gasteiger partial charge in [0.1, 0.15) is 18.5 Å². The summed E-state index contributed by atoms with van der Waals surface area (Å²) in [6.07, 6.45) is -0.595. The van der Waals surface area contributed by atoms with E-state index in [1.54, 1.807) is 0 Å². The molecule has 5 aromatic rings. The first kappa shape index (κ1) is 23.0. The lowest BCUT2D eigenvalue weighted by Crippen LogP contribution is -2.34. The fourth-order valence-corrected chi connectivity index (χ4v) is 4.51. The molecule has 0 amide bonds. The van der Waals surface area contributed by atoms with Crippen LogP contribution in [0.4, 0.5) is 5.69 Å². The number of aromatic nitrogens is 1. The van der Waals surface area contributed by atoms with Gasteiger partial charge >= 0.3 is 0 Å². The lowest BCUT2D eigenvalue weighted by atomic mass is 10.0. The Balaban J connectivity index is 1.08.